The molecule has 0 N–H and O–H groups in total. The van der Waals surface area contributed by atoms with E-state index in [1.807, 2.05) is 6.92 Å². The molecule has 2 aromatic carbocycles. The van der Waals surface area contributed by atoms with Gasteiger partial charge in [0.1, 0.15) is 22.7 Å². The molecule has 0 radical (unpaired) electrons. The van der Waals surface area contributed by atoms with Gasteiger partial charge in [-0.3, -0.25) is 0 Å². The highest BCUT2D eigenvalue weighted by Crippen LogP contribution is 2.38. The minimum absolute atomic E-state index is 0.0369. The normalized spacial score (nSPS) is 15.7. The summed E-state index contributed by atoms with van der Waals surface area (Å²) in [6.07, 6.45) is -7.81. The topological polar surface area (TPSA) is 92.4 Å². The monoisotopic (exact) mass is 613 g/mol. The van der Waals surface area contributed by atoms with Crippen molar-refractivity contribution >= 4 is 26.9 Å². The molecular weight excluding hydrogens is 588 g/mol. The van der Waals surface area contributed by atoms with E-state index < -0.39 is 38.4 Å². The van der Waals surface area contributed by atoms with Gasteiger partial charge in [-0.15, -0.1) is 0 Å². The Morgan fingerprint density at radius 1 is 0.881 bits per heavy atom. The number of rotatable bonds is 6. The summed E-state index contributed by atoms with van der Waals surface area (Å²) in [5.41, 5.74) is -1.62. The molecule has 15 heteroatoms. The third-order valence-electron chi connectivity index (χ3n) is 6.85. The Labute approximate surface area is 237 Å². The van der Waals surface area contributed by atoms with Gasteiger partial charge in [0.05, 0.1) is 16.0 Å². The van der Waals surface area contributed by atoms with Gasteiger partial charge < -0.3 is 9.42 Å². The van der Waals surface area contributed by atoms with E-state index in [0.29, 0.717) is 43.5 Å². The standard InChI is InChI=1S/C27H25F6N5O3S/c1-2-6-21-34-24(22-23(36-41-25(22)35-21)17-7-3-8-18(15-17)26(28,29)30)37-11-5-12-38(14-13-37)42(39,40)20-10-4-9-19(16-20)27(31,32)33/h3-4,7-10,15-16H,2,5-6,11-14H2,1H3. The van der Waals surface area contributed by atoms with Crippen LogP contribution in [0.1, 0.15) is 36.7 Å². The smallest absolute Gasteiger partial charge is 0.354 e. The van der Waals surface area contributed by atoms with E-state index in [1.54, 1.807) is 4.90 Å². The summed E-state index contributed by atoms with van der Waals surface area (Å²) in [5.74, 6) is 0.750. The van der Waals surface area contributed by atoms with Crippen LogP contribution in [0.25, 0.3) is 22.4 Å². The van der Waals surface area contributed by atoms with Gasteiger partial charge in [0.15, 0.2) is 0 Å². The van der Waals surface area contributed by atoms with Crippen molar-refractivity contribution in [3.8, 4) is 11.3 Å². The molecule has 0 amide bonds. The fourth-order valence-corrected chi connectivity index (χ4v) is 6.33. The molecule has 0 atom stereocenters. The fraction of sp³-hybridized carbons (Fsp3) is 0.370. The second kappa shape index (κ2) is 11.2. The number of hydrogen-bond acceptors (Lipinski definition) is 7. The zero-order valence-corrected chi connectivity index (χ0v) is 23.0. The Kier molecular flexibility index (Phi) is 7.91. The van der Waals surface area contributed by atoms with Crippen molar-refractivity contribution in [2.24, 2.45) is 0 Å². The van der Waals surface area contributed by atoms with Crippen molar-refractivity contribution in [3.63, 3.8) is 0 Å². The highest BCUT2D eigenvalue weighted by Gasteiger charge is 2.35. The summed E-state index contributed by atoms with van der Waals surface area (Å²) in [7, 11) is -4.26. The average Bonchev–Trinajstić information content (AvgIpc) is 3.20. The van der Waals surface area contributed by atoms with Gasteiger partial charge in [0.25, 0.3) is 5.71 Å². The summed E-state index contributed by atoms with van der Waals surface area (Å²) in [4.78, 5) is 10.4. The van der Waals surface area contributed by atoms with E-state index in [-0.39, 0.29) is 42.0 Å². The number of fused-ring (bicyclic) bond motifs is 1. The van der Waals surface area contributed by atoms with Crippen LogP contribution in [0.15, 0.2) is 57.9 Å². The molecule has 0 saturated carbocycles. The Hall–Kier alpha value is -3.72. The maximum atomic E-state index is 13.4. The van der Waals surface area contributed by atoms with Gasteiger partial charge in [-0.25, -0.2) is 13.4 Å². The molecule has 1 fully saturated rings. The molecule has 4 aromatic rings. The van der Waals surface area contributed by atoms with Crippen LogP contribution in [0.2, 0.25) is 0 Å². The summed E-state index contributed by atoms with van der Waals surface area (Å²) >= 11 is 0. The number of aryl methyl sites for hydroxylation is 1. The number of benzene rings is 2. The molecule has 1 saturated heterocycles. The van der Waals surface area contributed by atoms with Gasteiger partial charge >= 0.3 is 12.4 Å². The van der Waals surface area contributed by atoms with Gasteiger partial charge in [0, 0.05) is 38.2 Å². The second-order valence-electron chi connectivity index (χ2n) is 9.77. The molecule has 5 rings (SSSR count). The number of sulfonamides is 1. The van der Waals surface area contributed by atoms with Crippen molar-refractivity contribution in [3.05, 3.63) is 65.5 Å². The zero-order valence-electron chi connectivity index (χ0n) is 22.2. The number of halogens is 6. The third kappa shape index (κ3) is 5.93. The molecule has 0 bridgehead atoms. The van der Waals surface area contributed by atoms with E-state index in [9.17, 15) is 34.8 Å². The first-order valence-corrected chi connectivity index (χ1v) is 14.5. The lowest BCUT2D eigenvalue weighted by Gasteiger charge is -2.24. The SMILES string of the molecule is CCCc1nc(N2CCCN(S(=O)(=O)c3cccc(C(F)(F)F)c3)CC2)c2c(-c3cccc(C(F)(F)F)c3)noc2n1. The van der Waals surface area contributed by atoms with Gasteiger partial charge in [-0.2, -0.15) is 35.6 Å². The Balaban J connectivity index is 1.51. The number of alkyl halides is 6. The highest BCUT2D eigenvalue weighted by molar-refractivity contribution is 7.89. The van der Waals surface area contributed by atoms with Crippen LogP contribution < -0.4 is 4.90 Å². The lowest BCUT2D eigenvalue weighted by molar-refractivity contribution is -0.138. The maximum Gasteiger partial charge on any atom is 0.416 e. The van der Waals surface area contributed by atoms with Crippen molar-refractivity contribution < 1.29 is 39.3 Å². The lowest BCUT2D eigenvalue weighted by Crippen LogP contribution is -2.35. The van der Waals surface area contributed by atoms with Gasteiger partial charge in [0.2, 0.25) is 10.0 Å². The minimum atomic E-state index is -4.70. The predicted octanol–water partition coefficient (Wildman–Crippen LogP) is 6.18. The van der Waals surface area contributed by atoms with Crippen molar-refractivity contribution in [1.29, 1.82) is 0 Å². The van der Waals surface area contributed by atoms with Crippen LogP contribution in [-0.2, 0) is 28.8 Å². The van der Waals surface area contributed by atoms with Crippen LogP contribution in [0.3, 0.4) is 0 Å². The third-order valence-corrected chi connectivity index (χ3v) is 8.75. The van der Waals surface area contributed by atoms with Crippen LogP contribution >= 0.6 is 0 Å². The number of hydrogen-bond donors (Lipinski definition) is 0. The van der Waals surface area contributed by atoms with Gasteiger partial charge in [-0.05, 0) is 43.2 Å². The molecule has 224 valence electrons. The first kappa shape index (κ1) is 29.8. The van der Waals surface area contributed by atoms with Crippen LogP contribution in [0.5, 0.6) is 0 Å². The first-order valence-electron chi connectivity index (χ1n) is 13.1. The number of anilines is 1. The quantitative estimate of drug-likeness (QED) is 0.240. The molecule has 3 heterocycles. The van der Waals surface area contributed by atoms with Crippen molar-refractivity contribution in [2.75, 3.05) is 31.1 Å². The molecular formula is C27H25F6N5O3S. The Morgan fingerprint density at radius 3 is 2.26 bits per heavy atom. The molecule has 8 nitrogen and oxygen atoms in total. The summed E-state index contributed by atoms with van der Waals surface area (Å²) in [6, 6.07) is 8.20. The molecule has 0 unspecified atom stereocenters. The van der Waals surface area contributed by atoms with E-state index in [2.05, 4.69) is 15.1 Å². The highest BCUT2D eigenvalue weighted by atomic mass is 32.2. The van der Waals surface area contributed by atoms with Crippen LogP contribution in [-0.4, -0.2) is 54.0 Å². The number of nitrogens with zero attached hydrogens (tertiary/aromatic N) is 5. The minimum Gasteiger partial charge on any atom is -0.354 e. The van der Waals surface area contributed by atoms with Crippen molar-refractivity contribution in [2.45, 2.75) is 43.4 Å². The molecule has 2 aromatic heterocycles. The van der Waals surface area contributed by atoms with Crippen LogP contribution in [0.4, 0.5) is 32.2 Å². The summed E-state index contributed by atoms with van der Waals surface area (Å²) in [5, 5.41) is 4.30. The van der Waals surface area contributed by atoms with Gasteiger partial charge in [-0.1, -0.05) is 30.3 Å². The first-order chi connectivity index (χ1) is 19.8. The number of aromatic nitrogens is 3. The van der Waals surface area contributed by atoms with E-state index in [4.69, 9.17) is 4.52 Å². The van der Waals surface area contributed by atoms with Crippen molar-refractivity contribution in [1.82, 2.24) is 19.4 Å². The molecule has 1 aliphatic rings. The van der Waals surface area contributed by atoms with E-state index in [0.717, 1.165) is 34.6 Å². The molecule has 0 spiro atoms. The molecule has 42 heavy (non-hydrogen) atoms. The largest absolute Gasteiger partial charge is 0.416 e. The maximum absolute atomic E-state index is 13.4. The summed E-state index contributed by atoms with van der Waals surface area (Å²) in [6.45, 7) is 2.29. The average molecular weight is 614 g/mol. The van der Waals surface area contributed by atoms with Crippen LogP contribution in [0, 0.1) is 0 Å². The fourth-order valence-electron chi connectivity index (χ4n) is 4.81. The summed E-state index contributed by atoms with van der Waals surface area (Å²) < 4.78 is 113. The predicted molar refractivity (Wildman–Crippen MR) is 141 cm³/mol. The Morgan fingerprint density at radius 2 is 1.57 bits per heavy atom. The molecule has 1 aliphatic heterocycles. The van der Waals surface area contributed by atoms with E-state index >= 15 is 0 Å². The Bertz CT molecular complexity index is 1700. The zero-order chi connectivity index (χ0) is 30.3. The molecule has 0 aliphatic carbocycles. The second-order valence-corrected chi connectivity index (χ2v) is 11.7. The lowest BCUT2D eigenvalue weighted by atomic mass is 10.1. The van der Waals surface area contributed by atoms with E-state index in [1.165, 1.54) is 12.1 Å².